The highest BCUT2D eigenvalue weighted by Gasteiger charge is 2.76. The molecule has 2 amide bonds. The van der Waals surface area contributed by atoms with Crippen LogP contribution in [-0.2, 0) is 19.1 Å². The largest absolute Gasteiger partial charge is 0.359 e. The molecule has 24 heavy (non-hydrogen) atoms. The average molecular weight is 437 g/mol. The Kier molecular flexibility index (Phi) is 3.01. The van der Waals surface area contributed by atoms with E-state index in [1.807, 2.05) is 28.7 Å². The lowest BCUT2D eigenvalue weighted by Crippen LogP contribution is -2.46. The molecule has 0 saturated carbocycles. The van der Waals surface area contributed by atoms with E-state index >= 15 is 0 Å². The molecular weight excluding hydrogens is 425 g/mol. The summed E-state index contributed by atoms with van der Waals surface area (Å²) in [5.41, 5.74) is -1.63. The molecule has 1 aromatic rings. The maximum Gasteiger partial charge on any atom is 0.241 e. The molecule has 4 rings (SSSR count). The van der Waals surface area contributed by atoms with Crippen molar-refractivity contribution in [3.8, 4) is 6.07 Å². The first-order valence-corrected chi connectivity index (χ1v) is 8.48. The summed E-state index contributed by atoms with van der Waals surface area (Å²) in [5, 5.41) is 8.97. The summed E-state index contributed by atoms with van der Waals surface area (Å²) in [6, 6.07) is 3.53. The first kappa shape index (κ1) is 15.7. The molecular formula is C16H12IN3O4. The SMILES string of the molecule is C[C@]12CC(=O)[C@@](C)(O1)[C@@H]1C(=O)N(c3cnc(C#N)c(I)c3)C(=O)[C@@H]12. The Morgan fingerprint density at radius 2 is 2.00 bits per heavy atom. The molecule has 0 N–H and O–H groups in total. The van der Waals surface area contributed by atoms with Crippen LogP contribution in [-0.4, -0.2) is 33.8 Å². The zero-order valence-electron chi connectivity index (χ0n) is 12.9. The first-order chi connectivity index (χ1) is 11.2. The van der Waals surface area contributed by atoms with Crippen LogP contribution in [0.4, 0.5) is 5.69 Å². The summed E-state index contributed by atoms with van der Waals surface area (Å²) in [6.07, 6.45) is 1.48. The van der Waals surface area contributed by atoms with Gasteiger partial charge in [-0.1, -0.05) is 0 Å². The monoisotopic (exact) mass is 437 g/mol. The molecule has 3 aliphatic rings. The van der Waals surface area contributed by atoms with Crippen LogP contribution in [0.2, 0.25) is 0 Å². The number of amides is 2. The lowest BCUT2D eigenvalue weighted by atomic mass is 9.68. The van der Waals surface area contributed by atoms with Crippen molar-refractivity contribution in [3.63, 3.8) is 0 Å². The maximum absolute atomic E-state index is 12.9. The number of pyridine rings is 1. The molecule has 7 nitrogen and oxygen atoms in total. The number of imide groups is 1. The second-order valence-electron chi connectivity index (χ2n) is 6.72. The van der Waals surface area contributed by atoms with Crippen molar-refractivity contribution in [2.24, 2.45) is 11.8 Å². The van der Waals surface area contributed by atoms with Gasteiger partial charge in [0.15, 0.2) is 11.5 Å². The fourth-order valence-corrected chi connectivity index (χ4v) is 4.79. The van der Waals surface area contributed by atoms with E-state index in [0.29, 0.717) is 9.26 Å². The number of nitriles is 1. The van der Waals surface area contributed by atoms with Gasteiger partial charge in [-0.15, -0.1) is 0 Å². The number of fused-ring (bicyclic) bond motifs is 5. The van der Waals surface area contributed by atoms with E-state index in [2.05, 4.69) is 4.98 Å². The van der Waals surface area contributed by atoms with Crippen molar-refractivity contribution in [1.29, 1.82) is 5.26 Å². The third-order valence-electron chi connectivity index (χ3n) is 5.26. The van der Waals surface area contributed by atoms with Crippen LogP contribution in [0.5, 0.6) is 0 Å². The minimum atomic E-state index is -1.24. The highest BCUT2D eigenvalue weighted by molar-refractivity contribution is 14.1. The Hall–Kier alpha value is -1.86. The Labute approximate surface area is 151 Å². The van der Waals surface area contributed by atoms with Crippen molar-refractivity contribution in [2.45, 2.75) is 31.5 Å². The molecule has 4 atom stereocenters. The Morgan fingerprint density at radius 1 is 1.33 bits per heavy atom. The molecule has 0 unspecified atom stereocenters. The summed E-state index contributed by atoms with van der Waals surface area (Å²) in [4.78, 5) is 43.2. The summed E-state index contributed by atoms with van der Waals surface area (Å²) >= 11 is 1.94. The zero-order chi connectivity index (χ0) is 17.4. The van der Waals surface area contributed by atoms with Gasteiger partial charge >= 0.3 is 0 Å². The number of ketones is 1. The van der Waals surface area contributed by atoms with Gasteiger partial charge in [-0.3, -0.25) is 14.4 Å². The minimum absolute atomic E-state index is 0.137. The van der Waals surface area contributed by atoms with E-state index in [-0.39, 0.29) is 23.8 Å². The van der Waals surface area contributed by atoms with Gasteiger partial charge in [-0.2, -0.15) is 5.26 Å². The number of halogens is 1. The minimum Gasteiger partial charge on any atom is -0.359 e. The third-order valence-corrected chi connectivity index (χ3v) is 6.08. The highest BCUT2D eigenvalue weighted by atomic mass is 127. The van der Waals surface area contributed by atoms with Crippen molar-refractivity contribution in [1.82, 2.24) is 4.98 Å². The number of nitrogens with zero attached hydrogens (tertiary/aromatic N) is 3. The molecule has 1 aromatic heterocycles. The predicted octanol–water partition coefficient (Wildman–Crippen LogP) is 1.18. The van der Waals surface area contributed by atoms with Crippen LogP contribution in [0.25, 0.3) is 0 Å². The molecule has 0 radical (unpaired) electrons. The third kappa shape index (κ3) is 1.69. The number of ether oxygens (including phenoxy) is 1. The van der Waals surface area contributed by atoms with Crippen molar-refractivity contribution in [2.75, 3.05) is 4.90 Å². The van der Waals surface area contributed by atoms with Crippen LogP contribution in [0.1, 0.15) is 26.0 Å². The Bertz CT molecular complexity index is 879. The number of aromatic nitrogens is 1. The normalized spacial score (nSPS) is 37.1. The van der Waals surface area contributed by atoms with Crippen LogP contribution in [0.15, 0.2) is 12.3 Å². The smallest absolute Gasteiger partial charge is 0.241 e. The van der Waals surface area contributed by atoms with E-state index < -0.39 is 28.9 Å². The zero-order valence-corrected chi connectivity index (χ0v) is 15.0. The van der Waals surface area contributed by atoms with E-state index in [1.165, 1.54) is 6.20 Å². The summed E-state index contributed by atoms with van der Waals surface area (Å²) in [6.45, 7) is 3.32. The summed E-state index contributed by atoms with van der Waals surface area (Å²) in [7, 11) is 0. The fourth-order valence-electron chi connectivity index (χ4n) is 4.21. The lowest BCUT2D eigenvalue weighted by Gasteiger charge is -2.26. The number of rotatable bonds is 1. The van der Waals surface area contributed by atoms with Gasteiger partial charge in [0.25, 0.3) is 0 Å². The van der Waals surface area contributed by atoms with Crippen molar-refractivity contribution in [3.05, 3.63) is 21.5 Å². The van der Waals surface area contributed by atoms with Gasteiger partial charge in [-0.25, -0.2) is 9.88 Å². The first-order valence-electron chi connectivity index (χ1n) is 7.40. The second kappa shape index (κ2) is 4.61. The number of carbonyl (C=O) groups excluding carboxylic acids is 3. The van der Waals surface area contributed by atoms with E-state index in [1.54, 1.807) is 19.9 Å². The second-order valence-corrected chi connectivity index (χ2v) is 7.89. The van der Waals surface area contributed by atoms with Crippen molar-refractivity contribution < 1.29 is 19.1 Å². The maximum atomic E-state index is 12.9. The molecule has 0 aromatic carbocycles. The molecule has 122 valence electrons. The van der Waals surface area contributed by atoms with E-state index in [9.17, 15) is 14.4 Å². The molecule has 8 heteroatoms. The van der Waals surface area contributed by atoms with E-state index in [4.69, 9.17) is 10.00 Å². The van der Waals surface area contributed by atoms with Crippen LogP contribution >= 0.6 is 22.6 Å². The summed E-state index contributed by atoms with van der Waals surface area (Å²) < 4.78 is 6.39. The number of carbonyl (C=O) groups is 3. The molecule has 3 fully saturated rings. The number of hydrogen-bond acceptors (Lipinski definition) is 6. The van der Waals surface area contributed by atoms with E-state index in [0.717, 1.165) is 4.90 Å². The number of hydrogen-bond donors (Lipinski definition) is 0. The van der Waals surface area contributed by atoms with Gasteiger partial charge in [0.05, 0.1) is 32.9 Å². The van der Waals surface area contributed by atoms with Crippen LogP contribution in [0.3, 0.4) is 0 Å². The Morgan fingerprint density at radius 3 is 2.62 bits per heavy atom. The van der Waals surface area contributed by atoms with Gasteiger partial charge in [0.2, 0.25) is 11.8 Å². The molecule has 3 aliphatic heterocycles. The molecule has 0 spiro atoms. The fraction of sp³-hybridized carbons (Fsp3) is 0.438. The lowest BCUT2D eigenvalue weighted by molar-refractivity contribution is -0.139. The van der Waals surface area contributed by atoms with Crippen LogP contribution in [0, 0.1) is 26.7 Å². The summed E-state index contributed by atoms with van der Waals surface area (Å²) in [5.74, 6) is -2.41. The molecule has 4 heterocycles. The van der Waals surface area contributed by atoms with Gasteiger partial charge in [0, 0.05) is 6.42 Å². The van der Waals surface area contributed by atoms with Crippen molar-refractivity contribution >= 4 is 45.9 Å². The van der Waals surface area contributed by atoms with Gasteiger partial charge < -0.3 is 4.74 Å². The predicted molar refractivity (Wildman–Crippen MR) is 88.7 cm³/mol. The average Bonchev–Trinajstić information content (AvgIpc) is 3.01. The van der Waals surface area contributed by atoms with Gasteiger partial charge in [-0.05, 0) is 42.5 Å². The number of Topliss-reactive ketones (excluding diaryl/α,β-unsaturated/α-hetero) is 1. The highest BCUT2D eigenvalue weighted by Crippen LogP contribution is 2.59. The van der Waals surface area contributed by atoms with Crippen LogP contribution < -0.4 is 4.90 Å². The topological polar surface area (TPSA) is 100 Å². The molecule has 3 saturated heterocycles. The van der Waals surface area contributed by atoms with Gasteiger partial charge in [0.1, 0.15) is 11.7 Å². The molecule has 0 aliphatic carbocycles. The quantitative estimate of drug-likeness (QED) is 0.484. The molecule has 2 bridgehead atoms. The standard InChI is InChI=1S/C16H12IN3O4/c1-15-4-10(21)16(2,24-15)12-11(15)13(22)20(14(12)23)7-3-8(17)9(5-18)19-6-7/h3,6,11-12H,4H2,1-2H3/t11-,12+,15-,16-/m1/s1. The Balaban J connectivity index is 1.81. The number of anilines is 1.